The molecule has 0 amide bonds. The van der Waals surface area contributed by atoms with Gasteiger partial charge in [-0.3, -0.25) is 9.69 Å². The minimum Gasteiger partial charge on any atom is -0.480 e. The summed E-state index contributed by atoms with van der Waals surface area (Å²) in [6.07, 6.45) is -4.41. The monoisotopic (exact) mass is 229 g/mol. The van der Waals surface area contributed by atoms with Gasteiger partial charge in [-0.05, 0) is 6.92 Å². The molecule has 1 unspecified atom stereocenters. The highest BCUT2D eigenvalue weighted by Crippen LogP contribution is 2.17. The van der Waals surface area contributed by atoms with Gasteiger partial charge in [-0.15, -0.1) is 0 Å². The summed E-state index contributed by atoms with van der Waals surface area (Å²) in [5.74, 6) is -1.29. The summed E-state index contributed by atoms with van der Waals surface area (Å²) in [5.41, 5.74) is 0. The summed E-state index contributed by atoms with van der Waals surface area (Å²) >= 11 is 0. The Morgan fingerprint density at radius 3 is 2.40 bits per heavy atom. The number of ether oxygens (including phenoxy) is 1. The number of rotatable bonds is 6. The molecule has 1 N–H and O–H groups in total. The zero-order chi connectivity index (χ0) is 12.1. The topological polar surface area (TPSA) is 49.8 Å². The van der Waals surface area contributed by atoms with Crippen LogP contribution in [-0.2, 0) is 9.53 Å². The third kappa shape index (κ3) is 7.15. The molecule has 0 spiro atoms. The van der Waals surface area contributed by atoms with Crippen molar-refractivity contribution < 1.29 is 27.8 Å². The van der Waals surface area contributed by atoms with Crippen LogP contribution in [0.2, 0.25) is 0 Å². The molecular weight excluding hydrogens is 215 g/mol. The molecule has 0 saturated heterocycles. The Morgan fingerprint density at radius 2 is 2.07 bits per heavy atom. The van der Waals surface area contributed by atoms with E-state index in [0.717, 1.165) is 4.90 Å². The standard InChI is InChI=1S/C8H14F3NO3/c1-6(4-15-2)12(3-7(13)14)5-8(9,10)11/h6H,3-5H2,1-2H3,(H,13,14). The lowest BCUT2D eigenvalue weighted by Gasteiger charge is -2.27. The molecule has 0 aromatic rings. The van der Waals surface area contributed by atoms with Gasteiger partial charge in [0, 0.05) is 13.2 Å². The van der Waals surface area contributed by atoms with Gasteiger partial charge in [0.05, 0.1) is 19.7 Å². The minimum atomic E-state index is -4.41. The van der Waals surface area contributed by atoms with Crippen molar-refractivity contribution in [2.75, 3.05) is 26.8 Å². The second-order valence-corrected chi connectivity index (χ2v) is 3.22. The Labute approximate surface area is 85.6 Å². The van der Waals surface area contributed by atoms with Crippen LogP contribution >= 0.6 is 0 Å². The fraction of sp³-hybridized carbons (Fsp3) is 0.875. The van der Waals surface area contributed by atoms with E-state index in [1.54, 1.807) is 0 Å². The lowest BCUT2D eigenvalue weighted by atomic mass is 10.3. The first-order chi connectivity index (χ1) is 6.76. The van der Waals surface area contributed by atoms with Gasteiger partial charge in [0.1, 0.15) is 0 Å². The Kier molecular flexibility index (Phi) is 5.59. The molecule has 0 aliphatic heterocycles. The minimum absolute atomic E-state index is 0.0589. The van der Waals surface area contributed by atoms with Crippen LogP contribution in [0.1, 0.15) is 6.92 Å². The summed E-state index contributed by atoms with van der Waals surface area (Å²) in [5, 5.41) is 8.45. The molecule has 1 atom stereocenters. The fourth-order valence-corrected chi connectivity index (χ4v) is 1.12. The summed E-state index contributed by atoms with van der Waals surface area (Å²) in [7, 11) is 1.35. The van der Waals surface area contributed by atoms with E-state index in [-0.39, 0.29) is 6.61 Å². The molecule has 90 valence electrons. The first-order valence-electron chi connectivity index (χ1n) is 4.27. The normalized spacial score (nSPS) is 14.3. The predicted molar refractivity (Wildman–Crippen MR) is 46.6 cm³/mol. The lowest BCUT2D eigenvalue weighted by Crippen LogP contribution is -2.45. The quantitative estimate of drug-likeness (QED) is 0.737. The van der Waals surface area contributed by atoms with Crippen molar-refractivity contribution in [2.24, 2.45) is 0 Å². The molecule has 0 radical (unpaired) electrons. The zero-order valence-corrected chi connectivity index (χ0v) is 8.54. The van der Waals surface area contributed by atoms with E-state index in [4.69, 9.17) is 5.11 Å². The van der Waals surface area contributed by atoms with Crippen LogP contribution in [-0.4, -0.2) is 55.0 Å². The first kappa shape index (κ1) is 14.2. The van der Waals surface area contributed by atoms with Crippen LogP contribution in [0.25, 0.3) is 0 Å². The van der Waals surface area contributed by atoms with Crippen LogP contribution in [0.15, 0.2) is 0 Å². The van der Waals surface area contributed by atoms with Gasteiger partial charge in [0.15, 0.2) is 0 Å². The summed E-state index contributed by atoms with van der Waals surface area (Å²) in [4.78, 5) is 11.2. The van der Waals surface area contributed by atoms with Crippen molar-refractivity contribution in [2.45, 2.75) is 19.1 Å². The number of carboxylic acids is 1. The average molecular weight is 229 g/mol. The van der Waals surface area contributed by atoms with E-state index in [2.05, 4.69) is 4.74 Å². The van der Waals surface area contributed by atoms with Gasteiger partial charge < -0.3 is 9.84 Å². The number of hydrogen-bond acceptors (Lipinski definition) is 3. The number of carboxylic acid groups (broad SMARTS) is 1. The molecule has 0 bridgehead atoms. The number of carbonyl (C=O) groups is 1. The van der Waals surface area contributed by atoms with Crippen LogP contribution in [0.3, 0.4) is 0 Å². The molecule has 0 aromatic heterocycles. The highest BCUT2D eigenvalue weighted by Gasteiger charge is 2.33. The molecule has 0 aliphatic rings. The largest absolute Gasteiger partial charge is 0.480 e. The smallest absolute Gasteiger partial charge is 0.401 e. The van der Waals surface area contributed by atoms with Crippen molar-refractivity contribution >= 4 is 5.97 Å². The van der Waals surface area contributed by atoms with Gasteiger partial charge in [0.2, 0.25) is 0 Å². The third-order valence-corrected chi connectivity index (χ3v) is 1.75. The molecular formula is C8H14F3NO3. The lowest BCUT2D eigenvalue weighted by molar-refractivity contribution is -0.159. The average Bonchev–Trinajstić information content (AvgIpc) is 1.99. The van der Waals surface area contributed by atoms with Crippen molar-refractivity contribution in [3.8, 4) is 0 Å². The number of halogens is 3. The third-order valence-electron chi connectivity index (χ3n) is 1.75. The van der Waals surface area contributed by atoms with E-state index in [0.29, 0.717) is 0 Å². The van der Waals surface area contributed by atoms with E-state index in [1.807, 2.05) is 0 Å². The van der Waals surface area contributed by atoms with Crippen molar-refractivity contribution in [3.63, 3.8) is 0 Å². The maximum Gasteiger partial charge on any atom is 0.401 e. The summed E-state index contributed by atoms with van der Waals surface area (Å²) < 4.78 is 40.9. The van der Waals surface area contributed by atoms with Crippen LogP contribution in [0.5, 0.6) is 0 Å². The molecule has 0 aromatic carbocycles. The van der Waals surface area contributed by atoms with Gasteiger partial charge in [-0.1, -0.05) is 0 Å². The first-order valence-corrected chi connectivity index (χ1v) is 4.27. The van der Waals surface area contributed by atoms with E-state index in [9.17, 15) is 18.0 Å². The maximum atomic E-state index is 12.1. The van der Waals surface area contributed by atoms with Gasteiger partial charge in [0.25, 0.3) is 0 Å². The molecule has 0 fully saturated rings. The van der Waals surface area contributed by atoms with Crippen molar-refractivity contribution in [3.05, 3.63) is 0 Å². The highest BCUT2D eigenvalue weighted by atomic mass is 19.4. The second-order valence-electron chi connectivity index (χ2n) is 3.22. The van der Waals surface area contributed by atoms with Gasteiger partial charge in [-0.25, -0.2) is 0 Å². The van der Waals surface area contributed by atoms with Crippen molar-refractivity contribution in [1.82, 2.24) is 4.90 Å². The molecule has 7 heteroatoms. The molecule has 0 rings (SSSR count). The molecule has 0 saturated carbocycles. The Bertz CT molecular complexity index is 208. The highest BCUT2D eigenvalue weighted by molar-refractivity contribution is 5.69. The summed E-state index contributed by atoms with van der Waals surface area (Å²) in [6.45, 7) is -0.352. The van der Waals surface area contributed by atoms with Crippen LogP contribution < -0.4 is 0 Å². The predicted octanol–water partition coefficient (Wildman–Crippen LogP) is 0.970. The molecule has 0 heterocycles. The van der Waals surface area contributed by atoms with E-state index in [1.165, 1.54) is 14.0 Å². The molecule has 4 nitrogen and oxygen atoms in total. The second kappa shape index (κ2) is 5.92. The number of methoxy groups -OCH3 is 1. The Hall–Kier alpha value is -0.820. The van der Waals surface area contributed by atoms with Crippen molar-refractivity contribution in [1.29, 1.82) is 0 Å². The van der Waals surface area contributed by atoms with Crippen LogP contribution in [0, 0.1) is 0 Å². The van der Waals surface area contributed by atoms with Crippen LogP contribution in [0.4, 0.5) is 13.2 Å². The number of hydrogen-bond donors (Lipinski definition) is 1. The van der Waals surface area contributed by atoms with Gasteiger partial charge in [-0.2, -0.15) is 13.2 Å². The van der Waals surface area contributed by atoms with Gasteiger partial charge >= 0.3 is 12.1 Å². The fourth-order valence-electron chi connectivity index (χ4n) is 1.12. The summed E-state index contributed by atoms with van der Waals surface area (Å²) in [6, 6.07) is -0.590. The Morgan fingerprint density at radius 1 is 1.53 bits per heavy atom. The number of nitrogens with zero attached hydrogens (tertiary/aromatic N) is 1. The molecule has 0 aliphatic carbocycles. The number of alkyl halides is 3. The van der Waals surface area contributed by atoms with E-state index < -0.39 is 31.3 Å². The maximum absolute atomic E-state index is 12.1. The Balaban J connectivity index is 4.36. The SMILES string of the molecule is COCC(C)N(CC(=O)O)CC(F)(F)F. The number of aliphatic carboxylic acids is 1. The molecule has 15 heavy (non-hydrogen) atoms. The van der Waals surface area contributed by atoms with E-state index >= 15 is 0 Å². The zero-order valence-electron chi connectivity index (χ0n) is 8.54.